The normalized spacial score (nSPS) is 19.3. The number of ether oxygens (including phenoxy) is 2. The van der Waals surface area contributed by atoms with Gasteiger partial charge in [-0.25, -0.2) is 0 Å². The van der Waals surface area contributed by atoms with Crippen LogP contribution in [0.4, 0.5) is 0 Å². The molecule has 5 heteroatoms. The molecule has 0 radical (unpaired) electrons. The Bertz CT molecular complexity index is 228. The quantitative estimate of drug-likeness (QED) is 0.727. The highest BCUT2D eigenvalue weighted by molar-refractivity contribution is 5.77. The summed E-state index contributed by atoms with van der Waals surface area (Å²) in [7, 11) is 0. The molecule has 1 atom stereocenters. The number of carbonyl (C=O) groups excluding carboxylic acids is 1. The lowest BCUT2D eigenvalue weighted by Gasteiger charge is -2.29. The number of morpholine rings is 1. The van der Waals surface area contributed by atoms with Gasteiger partial charge in [-0.15, -0.1) is 0 Å². The lowest BCUT2D eigenvalue weighted by molar-refractivity contribution is -0.127. The van der Waals surface area contributed by atoms with E-state index in [1.54, 1.807) is 0 Å². The van der Waals surface area contributed by atoms with Gasteiger partial charge in [-0.2, -0.15) is 0 Å². The van der Waals surface area contributed by atoms with Crippen molar-refractivity contribution in [3.05, 3.63) is 0 Å². The van der Waals surface area contributed by atoms with E-state index in [4.69, 9.17) is 9.47 Å². The summed E-state index contributed by atoms with van der Waals surface area (Å²) in [6.07, 6.45) is 0.0929. The molecule has 1 saturated heterocycles. The first-order valence-electron chi connectivity index (χ1n) is 6.29. The largest absolute Gasteiger partial charge is 0.379 e. The Morgan fingerprint density at radius 3 is 2.59 bits per heavy atom. The Morgan fingerprint density at radius 1 is 1.35 bits per heavy atom. The molecule has 0 aliphatic carbocycles. The lowest BCUT2D eigenvalue weighted by atomic mass is 10.3. The van der Waals surface area contributed by atoms with Crippen molar-refractivity contribution in [3.63, 3.8) is 0 Å². The smallest absolute Gasteiger partial charge is 0.246 e. The van der Waals surface area contributed by atoms with Gasteiger partial charge in [0.15, 0.2) is 0 Å². The van der Waals surface area contributed by atoms with E-state index in [0.29, 0.717) is 0 Å². The summed E-state index contributed by atoms with van der Waals surface area (Å²) in [5.74, 6) is -0.0422. The van der Waals surface area contributed by atoms with Gasteiger partial charge in [-0.05, 0) is 20.8 Å². The Labute approximate surface area is 103 Å². The molecule has 1 aliphatic rings. The van der Waals surface area contributed by atoms with Crippen molar-refractivity contribution < 1.29 is 14.3 Å². The van der Waals surface area contributed by atoms with Gasteiger partial charge in [0, 0.05) is 25.7 Å². The van der Waals surface area contributed by atoms with Crippen molar-refractivity contribution >= 4 is 5.91 Å². The standard InChI is InChI=1S/C12H24N2O3/c1-10(2)17-9-12(15)13-11(3)8-14-4-6-16-7-5-14/h10-11H,4-9H2,1-3H3,(H,13,15). The van der Waals surface area contributed by atoms with Crippen LogP contribution in [0, 0.1) is 0 Å². The van der Waals surface area contributed by atoms with Crippen LogP contribution in [0.2, 0.25) is 0 Å². The molecule has 0 saturated carbocycles. The van der Waals surface area contributed by atoms with Crippen LogP contribution in [-0.4, -0.2) is 62.4 Å². The highest BCUT2D eigenvalue weighted by Gasteiger charge is 2.15. The molecule has 1 amide bonds. The molecule has 1 rings (SSSR count). The number of nitrogens with zero attached hydrogens (tertiary/aromatic N) is 1. The molecule has 0 aromatic heterocycles. The van der Waals surface area contributed by atoms with Gasteiger partial charge < -0.3 is 14.8 Å². The summed E-state index contributed by atoms with van der Waals surface area (Å²) in [6, 6.07) is 0.149. The maximum atomic E-state index is 11.5. The highest BCUT2D eigenvalue weighted by atomic mass is 16.5. The lowest BCUT2D eigenvalue weighted by Crippen LogP contribution is -2.46. The molecule has 0 aromatic rings. The molecule has 5 nitrogen and oxygen atoms in total. The van der Waals surface area contributed by atoms with Crippen LogP contribution in [0.25, 0.3) is 0 Å². The first kappa shape index (κ1) is 14.4. The molecule has 100 valence electrons. The fourth-order valence-corrected chi connectivity index (χ4v) is 1.78. The molecule has 17 heavy (non-hydrogen) atoms. The van der Waals surface area contributed by atoms with Gasteiger partial charge in [0.1, 0.15) is 6.61 Å². The van der Waals surface area contributed by atoms with E-state index in [0.717, 1.165) is 32.8 Å². The summed E-state index contributed by atoms with van der Waals surface area (Å²) in [4.78, 5) is 13.8. The first-order chi connectivity index (χ1) is 8.08. The number of rotatable bonds is 6. The van der Waals surface area contributed by atoms with Crippen LogP contribution in [0.15, 0.2) is 0 Å². The van der Waals surface area contributed by atoms with Crippen LogP contribution in [0.5, 0.6) is 0 Å². The predicted octanol–water partition coefficient (Wildman–Crippen LogP) is 0.248. The van der Waals surface area contributed by atoms with Crippen molar-refractivity contribution in [2.45, 2.75) is 32.9 Å². The van der Waals surface area contributed by atoms with E-state index in [-0.39, 0.29) is 24.7 Å². The zero-order valence-corrected chi connectivity index (χ0v) is 11.1. The van der Waals surface area contributed by atoms with E-state index in [2.05, 4.69) is 10.2 Å². The van der Waals surface area contributed by atoms with Crippen LogP contribution in [-0.2, 0) is 14.3 Å². The minimum Gasteiger partial charge on any atom is -0.379 e. The third-order valence-corrected chi connectivity index (χ3v) is 2.59. The van der Waals surface area contributed by atoms with Gasteiger partial charge in [-0.3, -0.25) is 9.69 Å². The van der Waals surface area contributed by atoms with Crippen molar-refractivity contribution in [1.82, 2.24) is 10.2 Å². The summed E-state index contributed by atoms with van der Waals surface area (Å²) < 4.78 is 10.5. The predicted molar refractivity (Wildman–Crippen MR) is 66.0 cm³/mol. The Hall–Kier alpha value is -0.650. The highest BCUT2D eigenvalue weighted by Crippen LogP contribution is 1.98. The molecular formula is C12H24N2O3. The maximum Gasteiger partial charge on any atom is 0.246 e. The van der Waals surface area contributed by atoms with E-state index >= 15 is 0 Å². The Kier molecular flexibility index (Phi) is 6.47. The number of carbonyl (C=O) groups is 1. The zero-order valence-electron chi connectivity index (χ0n) is 11.1. The summed E-state index contributed by atoms with van der Waals surface area (Å²) in [5.41, 5.74) is 0. The fourth-order valence-electron chi connectivity index (χ4n) is 1.78. The SMILES string of the molecule is CC(CN1CCOCC1)NC(=O)COC(C)C. The van der Waals surface area contributed by atoms with Crippen molar-refractivity contribution in [2.24, 2.45) is 0 Å². The molecule has 1 heterocycles. The average molecular weight is 244 g/mol. The van der Waals surface area contributed by atoms with Crippen LogP contribution in [0.1, 0.15) is 20.8 Å². The van der Waals surface area contributed by atoms with E-state index in [1.807, 2.05) is 20.8 Å². The summed E-state index contributed by atoms with van der Waals surface area (Å²) in [6.45, 7) is 10.3. The molecule has 1 N–H and O–H groups in total. The van der Waals surface area contributed by atoms with Crippen molar-refractivity contribution in [1.29, 1.82) is 0 Å². The van der Waals surface area contributed by atoms with E-state index < -0.39 is 0 Å². The second-order valence-corrected chi connectivity index (χ2v) is 4.74. The summed E-state index contributed by atoms with van der Waals surface area (Å²) >= 11 is 0. The molecule has 1 unspecified atom stereocenters. The number of hydrogen-bond acceptors (Lipinski definition) is 4. The molecule has 0 spiro atoms. The molecular weight excluding hydrogens is 220 g/mol. The molecule has 0 aromatic carbocycles. The maximum absolute atomic E-state index is 11.5. The molecule has 1 aliphatic heterocycles. The fraction of sp³-hybridized carbons (Fsp3) is 0.917. The van der Waals surface area contributed by atoms with Crippen molar-refractivity contribution in [3.8, 4) is 0 Å². The Balaban J connectivity index is 2.14. The topological polar surface area (TPSA) is 50.8 Å². The Morgan fingerprint density at radius 2 is 2.00 bits per heavy atom. The van der Waals surface area contributed by atoms with Gasteiger partial charge in [0.2, 0.25) is 5.91 Å². The minimum absolute atomic E-state index is 0.0422. The number of amides is 1. The van der Waals surface area contributed by atoms with Crippen LogP contribution in [0.3, 0.4) is 0 Å². The monoisotopic (exact) mass is 244 g/mol. The second-order valence-electron chi connectivity index (χ2n) is 4.74. The first-order valence-corrected chi connectivity index (χ1v) is 6.29. The number of hydrogen-bond donors (Lipinski definition) is 1. The number of nitrogens with one attached hydrogen (secondary N) is 1. The van der Waals surface area contributed by atoms with Gasteiger partial charge in [-0.1, -0.05) is 0 Å². The third kappa shape index (κ3) is 6.61. The van der Waals surface area contributed by atoms with E-state index in [1.165, 1.54) is 0 Å². The van der Waals surface area contributed by atoms with E-state index in [9.17, 15) is 4.79 Å². The molecule has 1 fully saturated rings. The van der Waals surface area contributed by atoms with Crippen LogP contribution < -0.4 is 5.32 Å². The third-order valence-electron chi connectivity index (χ3n) is 2.59. The average Bonchev–Trinajstić information content (AvgIpc) is 2.27. The van der Waals surface area contributed by atoms with Crippen LogP contribution >= 0.6 is 0 Å². The van der Waals surface area contributed by atoms with Gasteiger partial charge >= 0.3 is 0 Å². The van der Waals surface area contributed by atoms with Crippen molar-refractivity contribution in [2.75, 3.05) is 39.5 Å². The summed E-state index contributed by atoms with van der Waals surface area (Å²) in [5, 5.41) is 2.94. The van der Waals surface area contributed by atoms with Gasteiger partial charge in [0.25, 0.3) is 0 Å². The zero-order chi connectivity index (χ0) is 12.7. The minimum atomic E-state index is -0.0422. The molecule has 0 bridgehead atoms. The van der Waals surface area contributed by atoms with Gasteiger partial charge in [0.05, 0.1) is 19.3 Å². The second kappa shape index (κ2) is 7.63.